The third-order valence-corrected chi connectivity index (χ3v) is 3.25. The third-order valence-electron chi connectivity index (χ3n) is 3.25. The van der Waals surface area contributed by atoms with Crippen molar-refractivity contribution in [2.45, 2.75) is 45.6 Å². The summed E-state index contributed by atoms with van der Waals surface area (Å²) in [6, 6.07) is 3.49. The predicted molar refractivity (Wildman–Crippen MR) is 79.5 cm³/mol. The van der Waals surface area contributed by atoms with Gasteiger partial charge < -0.3 is 9.47 Å². The molecule has 0 saturated heterocycles. The highest BCUT2D eigenvalue weighted by Crippen LogP contribution is 2.34. The zero-order valence-electron chi connectivity index (χ0n) is 13.3. The molecule has 0 fully saturated rings. The summed E-state index contributed by atoms with van der Waals surface area (Å²) in [4.78, 5) is 12.0. The number of halogens is 3. The van der Waals surface area contributed by atoms with Crippen molar-refractivity contribution < 1.29 is 27.4 Å². The maximum atomic E-state index is 12.8. The lowest BCUT2D eigenvalue weighted by atomic mass is 9.96. The Morgan fingerprint density at radius 1 is 1.26 bits per heavy atom. The number of carbonyl (C=O) groups excluding carboxylic acids is 1. The molecule has 0 spiro atoms. The summed E-state index contributed by atoms with van der Waals surface area (Å²) in [5.41, 5.74) is 0.297. The fourth-order valence-electron chi connectivity index (χ4n) is 2.33. The highest BCUT2D eigenvalue weighted by Gasteiger charge is 2.31. The van der Waals surface area contributed by atoms with Crippen LogP contribution in [-0.4, -0.2) is 18.2 Å². The van der Waals surface area contributed by atoms with Crippen molar-refractivity contribution in [2.75, 3.05) is 6.61 Å². The van der Waals surface area contributed by atoms with Crippen LogP contribution in [0.1, 0.15) is 43.9 Å². The largest absolute Gasteiger partial charge is 0.457 e. The molecule has 1 heterocycles. The van der Waals surface area contributed by atoms with E-state index in [1.54, 1.807) is 20.8 Å². The van der Waals surface area contributed by atoms with Gasteiger partial charge in [0.25, 0.3) is 0 Å². The SMILES string of the molecule is CC(C)(C)OC(=O)C=C1CCOCc2cc(C(F)(F)F)ccc21. The second-order valence-corrected chi connectivity index (χ2v) is 6.38. The molecular weight excluding hydrogens is 309 g/mol. The maximum absolute atomic E-state index is 12.8. The second-order valence-electron chi connectivity index (χ2n) is 6.38. The van der Waals surface area contributed by atoms with Gasteiger partial charge in [-0.2, -0.15) is 13.2 Å². The first kappa shape index (κ1) is 17.5. The van der Waals surface area contributed by atoms with E-state index in [-0.39, 0.29) is 6.61 Å². The fraction of sp³-hybridized carbons (Fsp3) is 0.471. The fourth-order valence-corrected chi connectivity index (χ4v) is 2.33. The Balaban J connectivity index is 2.36. The van der Waals surface area contributed by atoms with Crippen molar-refractivity contribution >= 4 is 11.5 Å². The lowest BCUT2D eigenvalue weighted by Gasteiger charge is -2.19. The van der Waals surface area contributed by atoms with E-state index in [2.05, 4.69) is 0 Å². The molecule has 1 aromatic carbocycles. The molecule has 126 valence electrons. The van der Waals surface area contributed by atoms with Crippen LogP contribution in [0.25, 0.3) is 5.57 Å². The lowest BCUT2D eigenvalue weighted by molar-refractivity contribution is -0.148. The minimum atomic E-state index is -4.41. The monoisotopic (exact) mass is 328 g/mol. The summed E-state index contributed by atoms with van der Waals surface area (Å²) in [7, 11) is 0. The van der Waals surface area contributed by atoms with Gasteiger partial charge in [0.2, 0.25) is 0 Å². The van der Waals surface area contributed by atoms with Crippen LogP contribution in [0.2, 0.25) is 0 Å². The van der Waals surface area contributed by atoms with E-state index in [1.165, 1.54) is 12.1 Å². The average molecular weight is 328 g/mol. The minimum Gasteiger partial charge on any atom is -0.457 e. The second kappa shape index (κ2) is 6.35. The normalized spacial score (nSPS) is 17.6. The summed E-state index contributed by atoms with van der Waals surface area (Å²) in [5.74, 6) is -0.514. The predicted octanol–water partition coefficient (Wildman–Crippen LogP) is 4.35. The molecule has 3 nitrogen and oxygen atoms in total. The van der Waals surface area contributed by atoms with Gasteiger partial charge in [-0.1, -0.05) is 6.07 Å². The molecule has 0 aromatic heterocycles. The zero-order chi connectivity index (χ0) is 17.3. The topological polar surface area (TPSA) is 35.5 Å². The summed E-state index contributed by atoms with van der Waals surface area (Å²) in [6.45, 7) is 5.69. The number of rotatable bonds is 1. The Bertz CT molecular complexity index is 625. The Morgan fingerprint density at radius 3 is 2.57 bits per heavy atom. The van der Waals surface area contributed by atoms with Crippen molar-refractivity contribution in [2.24, 2.45) is 0 Å². The summed E-state index contributed by atoms with van der Waals surface area (Å²) in [6.07, 6.45) is -2.62. The molecule has 1 aliphatic heterocycles. The van der Waals surface area contributed by atoms with Gasteiger partial charge in [0, 0.05) is 6.08 Å². The Kier molecular flexibility index (Phi) is 4.84. The van der Waals surface area contributed by atoms with E-state index < -0.39 is 23.3 Å². The molecule has 2 rings (SSSR count). The van der Waals surface area contributed by atoms with Crippen molar-refractivity contribution in [3.05, 3.63) is 41.0 Å². The molecule has 6 heteroatoms. The quantitative estimate of drug-likeness (QED) is 0.568. The molecule has 0 radical (unpaired) electrons. The number of ether oxygens (including phenoxy) is 2. The average Bonchev–Trinajstić information content (AvgIpc) is 2.57. The van der Waals surface area contributed by atoms with E-state index in [4.69, 9.17) is 9.47 Å². The molecule has 0 N–H and O–H groups in total. The molecule has 0 unspecified atom stereocenters. The Morgan fingerprint density at radius 2 is 1.96 bits per heavy atom. The van der Waals surface area contributed by atoms with E-state index in [1.807, 2.05) is 0 Å². The van der Waals surface area contributed by atoms with Crippen LogP contribution in [0.15, 0.2) is 24.3 Å². The Hall–Kier alpha value is -1.82. The van der Waals surface area contributed by atoms with Crippen molar-refractivity contribution in [1.82, 2.24) is 0 Å². The van der Waals surface area contributed by atoms with Crippen LogP contribution >= 0.6 is 0 Å². The molecule has 23 heavy (non-hydrogen) atoms. The van der Waals surface area contributed by atoms with Gasteiger partial charge in [0.05, 0.1) is 18.8 Å². The highest BCUT2D eigenvalue weighted by molar-refractivity contribution is 5.92. The van der Waals surface area contributed by atoms with Gasteiger partial charge in [-0.3, -0.25) is 0 Å². The number of esters is 1. The first-order valence-corrected chi connectivity index (χ1v) is 7.28. The molecule has 1 aromatic rings. The summed E-state index contributed by atoms with van der Waals surface area (Å²) < 4.78 is 49.0. The smallest absolute Gasteiger partial charge is 0.416 e. The van der Waals surface area contributed by atoms with Crippen LogP contribution in [0.4, 0.5) is 13.2 Å². The third kappa shape index (κ3) is 4.82. The van der Waals surface area contributed by atoms with Gasteiger partial charge in [-0.25, -0.2) is 4.79 Å². The van der Waals surface area contributed by atoms with E-state index in [0.717, 1.165) is 12.1 Å². The first-order chi connectivity index (χ1) is 10.6. The summed E-state index contributed by atoms with van der Waals surface area (Å²) >= 11 is 0. The number of hydrogen-bond acceptors (Lipinski definition) is 3. The maximum Gasteiger partial charge on any atom is 0.416 e. The van der Waals surface area contributed by atoms with Crippen LogP contribution in [-0.2, 0) is 27.1 Å². The molecule has 0 saturated carbocycles. The molecule has 0 amide bonds. The Labute approximate surface area is 133 Å². The van der Waals surface area contributed by atoms with Gasteiger partial charge in [0.15, 0.2) is 0 Å². The van der Waals surface area contributed by atoms with Gasteiger partial charge >= 0.3 is 12.1 Å². The molecule has 1 aliphatic rings. The molecular formula is C17H19F3O3. The number of alkyl halides is 3. The lowest BCUT2D eigenvalue weighted by Crippen LogP contribution is -2.22. The van der Waals surface area contributed by atoms with Crippen LogP contribution in [0.5, 0.6) is 0 Å². The van der Waals surface area contributed by atoms with Crippen molar-refractivity contribution in [3.63, 3.8) is 0 Å². The van der Waals surface area contributed by atoms with Crippen LogP contribution in [0, 0.1) is 0 Å². The van der Waals surface area contributed by atoms with E-state index in [9.17, 15) is 18.0 Å². The summed E-state index contributed by atoms with van der Waals surface area (Å²) in [5, 5.41) is 0. The van der Waals surface area contributed by atoms with Gasteiger partial charge in [0.1, 0.15) is 5.60 Å². The molecule has 0 atom stereocenters. The van der Waals surface area contributed by atoms with Gasteiger partial charge in [-0.15, -0.1) is 0 Å². The minimum absolute atomic E-state index is 0.0882. The number of hydrogen-bond donors (Lipinski definition) is 0. The van der Waals surface area contributed by atoms with Crippen molar-refractivity contribution in [3.8, 4) is 0 Å². The number of carbonyl (C=O) groups is 1. The first-order valence-electron chi connectivity index (χ1n) is 7.28. The van der Waals surface area contributed by atoms with Gasteiger partial charge in [-0.05, 0) is 56.0 Å². The molecule has 0 aliphatic carbocycles. The standard InChI is InChI=1S/C17H19F3O3/c1-16(2,3)23-15(21)9-11-6-7-22-10-12-8-13(17(18,19)20)4-5-14(11)12/h4-5,8-9H,6-7,10H2,1-3H3. The van der Waals surface area contributed by atoms with Crippen LogP contribution < -0.4 is 0 Å². The van der Waals surface area contributed by atoms with E-state index in [0.29, 0.717) is 29.7 Å². The van der Waals surface area contributed by atoms with Crippen LogP contribution in [0.3, 0.4) is 0 Å². The number of benzene rings is 1. The highest BCUT2D eigenvalue weighted by atomic mass is 19.4. The number of fused-ring (bicyclic) bond motifs is 1. The van der Waals surface area contributed by atoms with E-state index >= 15 is 0 Å². The molecule has 0 bridgehead atoms. The zero-order valence-corrected chi connectivity index (χ0v) is 13.3. The van der Waals surface area contributed by atoms with Crippen molar-refractivity contribution in [1.29, 1.82) is 0 Å².